The van der Waals surface area contributed by atoms with Crippen LogP contribution >= 0.6 is 0 Å². The molecule has 0 bridgehead atoms. The Morgan fingerprint density at radius 3 is 1.50 bits per heavy atom. The summed E-state index contributed by atoms with van der Waals surface area (Å²) in [5.41, 5.74) is 0.616. The van der Waals surface area contributed by atoms with Crippen LogP contribution in [0.5, 0.6) is 0 Å². The van der Waals surface area contributed by atoms with Crippen LogP contribution in [0.1, 0.15) is 84.5 Å². The molecule has 0 spiro atoms. The molecule has 0 rings (SSSR count). The summed E-state index contributed by atoms with van der Waals surface area (Å²) in [6.07, 6.45) is 14.5. The van der Waals surface area contributed by atoms with Crippen molar-refractivity contribution in [1.82, 2.24) is 0 Å². The molecule has 0 saturated heterocycles. The van der Waals surface area contributed by atoms with Gasteiger partial charge in [-0.3, -0.25) is 0 Å². The predicted octanol–water partition coefficient (Wildman–Crippen LogP) is 5.97. The summed E-state index contributed by atoms with van der Waals surface area (Å²) in [5, 5.41) is 0. The smallest absolute Gasteiger partial charge is 0 e. The quantitative estimate of drug-likeness (QED) is 0.295. The van der Waals surface area contributed by atoms with Crippen LogP contribution in [-0.2, 0) is 65.4 Å². The van der Waals surface area contributed by atoms with Gasteiger partial charge in [0, 0.05) is 65.4 Å². The van der Waals surface area contributed by atoms with E-state index in [1.165, 1.54) is 57.8 Å². The monoisotopic (exact) mass is 402 g/mol. The third-order valence-corrected chi connectivity index (χ3v) is 3.97. The van der Waals surface area contributed by atoms with Crippen molar-refractivity contribution in [2.45, 2.75) is 84.5 Å². The molecule has 0 atom stereocenters. The van der Waals surface area contributed by atoms with Crippen LogP contribution in [0, 0.1) is 19.3 Å². The molecule has 0 fully saturated rings. The fourth-order valence-electron chi connectivity index (χ4n) is 2.66. The zero-order chi connectivity index (χ0) is 12.3. The van der Waals surface area contributed by atoms with E-state index in [1.807, 2.05) is 0 Å². The second-order valence-corrected chi connectivity index (χ2v) is 5.22. The topological polar surface area (TPSA) is 0 Å². The van der Waals surface area contributed by atoms with Crippen molar-refractivity contribution >= 4 is 0 Å². The van der Waals surface area contributed by atoms with E-state index < -0.39 is 0 Å². The van der Waals surface area contributed by atoms with Crippen LogP contribution in [0.15, 0.2) is 0 Å². The normalized spacial score (nSPS) is 10.7. The molecular formula is C16H32Y2-2. The van der Waals surface area contributed by atoms with Gasteiger partial charge in [0.25, 0.3) is 0 Å². The van der Waals surface area contributed by atoms with E-state index in [9.17, 15) is 0 Å². The third-order valence-electron chi connectivity index (χ3n) is 3.97. The minimum Gasteiger partial charge on any atom is -0.343 e. The Morgan fingerprint density at radius 1 is 0.722 bits per heavy atom. The minimum absolute atomic E-state index is 0. The molecule has 0 aromatic carbocycles. The Hall–Kier alpha value is 2.21. The van der Waals surface area contributed by atoms with E-state index in [0.717, 1.165) is 12.8 Å². The first-order valence-electron chi connectivity index (χ1n) is 7.33. The molecule has 0 heterocycles. The summed E-state index contributed by atoms with van der Waals surface area (Å²) >= 11 is 0. The summed E-state index contributed by atoms with van der Waals surface area (Å²) in [6.45, 7) is 12.6. The van der Waals surface area contributed by atoms with Crippen LogP contribution in [0.2, 0.25) is 0 Å². The number of unbranched alkanes of at least 4 members (excludes halogenated alkanes) is 4. The van der Waals surface area contributed by atoms with Gasteiger partial charge in [0.15, 0.2) is 0 Å². The first-order valence-corrected chi connectivity index (χ1v) is 7.33. The summed E-state index contributed by atoms with van der Waals surface area (Å²) in [7, 11) is 0. The molecule has 0 aromatic rings. The van der Waals surface area contributed by atoms with Crippen LogP contribution in [0.3, 0.4) is 0 Å². The maximum atomic E-state index is 3.99. The van der Waals surface area contributed by atoms with Gasteiger partial charge in [-0.05, 0) is 11.8 Å². The van der Waals surface area contributed by atoms with Gasteiger partial charge in [0.1, 0.15) is 0 Å². The van der Waals surface area contributed by atoms with Gasteiger partial charge in [0.05, 0.1) is 0 Å². The average molecular weight is 402 g/mol. The Kier molecular flexibility index (Phi) is 24.1. The molecule has 0 amide bonds. The van der Waals surface area contributed by atoms with Crippen molar-refractivity contribution in [3.8, 4) is 0 Å². The molecule has 0 aliphatic carbocycles. The number of rotatable bonds is 11. The molecule has 0 nitrogen and oxygen atoms in total. The maximum absolute atomic E-state index is 3.99. The summed E-state index contributed by atoms with van der Waals surface area (Å²) in [6, 6.07) is 0. The fourth-order valence-corrected chi connectivity index (χ4v) is 2.66. The van der Waals surface area contributed by atoms with Gasteiger partial charge in [-0.15, -0.1) is 0 Å². The maximum Gasteiger partial charge on any atom is 0 e. The first-order chi connectivity index (χ1) is 7.74. The van der Waals surface area contributed by atoms with Crippen LogP contribution in [0.25, 0.3) is 0 Å². The van der Waals surface area contributed by atoms with Crippen molar-refractivity contribution < 1.29 is 65.4 Å². The van der Waals surface area contributed by atoms with E-state index >= 15 is 0 Å². The van der Waals surface area contributed by atoms with Crippen molar-refractivity contribution in [2.24, 2.45) is 5.41 Å². The largest absolute Gasteiger partial charge is 0.343 e. The van der Waals surface area contributed by atoms with E-state index in [4.69, 9.17) is 0 Å². The Bertz CT molecular complexity index is 138. The molecule has 0 unspecified atom stereocenters. The number of hydrogen-bond donors (Lipinski definition) is 0. The third kappa shape index (κ3) is 12.0. The summed E-state index contributed by atoms with van der Waals surface area (Å²) in [4.78, 5) is 0. The summed E-state index contributed by atoms with van der Waals surface area (Å²) in [5.74, 6) is 0. The van der Waals surface area contributed by atoms with Gasteiger partial charge < -0.3 is 13.8 Å². The molecule has 0 aromatic heterocycles. The Balaban J connectivity index is -0.00000112. The van der Waals surface area contributed by atoms with Gasteiger partial charge >= 0.3 is 0 Å². The zero-order valence-corrected chi connectivity index (χ0v) is 18.5. The Labute approximate surface area is 167 Å². The molecule has 104 valence electrons. The van der Waals surface area contributed by atoms with Gasteiger partial charge in [-0.2, -0.15) is 12.8 Å². The SMILES string of the molecule is [CH2-]CCCC(CC)(CCC[CH2-])CCCCC.[Y].[Y]. The van der Waals surface area contributed by atoms with Gasteiger partial charge in [0.2, 0.25) is 0 Å². The Morgan fingerprint density at radius 2 is 1.17 bits per heavy atom. The van der Waals surface area contributed by atoms with E-state index in [-0.39, 0.29) is 65.4 Å². The van der Waals surface area contributed by atoms with Crippen molar-refractivity contribution in [3.05, 3.63) is 13.8 Å². The van der Waals surface area contributed by atoms with Gasteiger partial charge in [-0.25, -0.2) is 0 Å². The standard InChI is InChI=1S/C16H32.2Y/c1-5-9-12-15-16(8-4,13-10-6-2)14-11-7-3;;/h2-3,5-15H2,1,4H3;;/q-2;;. The average Bonchev–Trinajstić information content (AvgIpc) is 2.32. The van der Waals surface area contributed by atoms with E-state index in [2.05, 4.69) is 27.7 Å². The number of hydrogen-bond acceptors (Lipinski definition) is 0. The second kappa shape index (κ2) is 17.3. The van der Waals surface area contributed by atoms with E-state index in [1.54, 1.807) is 0 Å². The fraction of sp³-hybridized carbons (Fsp3) is 0.875. The first kappa shape index (κ1) is 25.2. The molecule has 18 heavy (non-hydrogen) atoms. The van der Waals surface area contributed by atoms with Crippen molar-refractivity contribution in [3.63, 3.8) is 0 Å². The van der Waals surface area contributed by atoms with Crippen LogP contribution < -0.4 is 0 Å². The van der Waals surface area contributed by atoms with Crippen LogP contribution in [0.4, 0.5) is 0 Å². The molecule has 0 aliphatic rings. The molecule has 2 radical (unpaired) electrons. The predicted molar refractivity (Wildman–Crippen MR) is 75.3 cm³/mol. The molecular weight excluding hydrogens is 370 g/mol. The van der Waals surface area contributed by atoms with Crippen LogP contribution in [-0.4, -0.2) is 0 Å². The van der Waals surface area contributed by atoms with E-state index in [0.29, 0.717) is 5.41 Å². The molecule has 2 heteroatoms. The molecule has 0 N–H and O–H groups in total. The van der Waals surface area contributed by atoms with Gasteiger partial charge in [-0.1, -0.05) is 65.2 Å². The second-order valence-electron chi connectivity index (χ2n) is 5.22. The molecule has 0 aliphatic heterocycles. The van der Waals surface area contributed by atoms with Crippen molar-refractivity contribution in [1.29, 1.82) is 0 Å². The zero-order valence-electron chi connectivity index (χ0n) is 12.8. The molecule has 0 saturated carbocycles. The van der Waals surface area contributed by atoms with Crippen molar-refractivity contribution in [2.75, 3.05) is 0 Å². The summed E-state index contributed by atoms with van der Waals surface area (Å²) < 4.78 is 0. The minimum atomic E-state index is 0.